The van der Waals surface area contributed by atoms with Crippen LogP contribution < -0.4 is 10.6 Å². The summed E-state index contributed by atoms with van der Waals surface area (Å²) in [6.07, 6.45) is -0.124. The molecule has 0 bridgehead atoms. The Bertz CT molecular complexity index is 1680. The molecule has 2 fully saturated rings. The molecule has 4 aromatic rings. The van der Waals surface area contributed by atoms with E-state index < -0.39 is 52.4 Å². The third kappa shape index (κ3) is 4.57. The number of hydrogen-bond donors (Lipinski definition) is 3. The van der Waals surface area contributed by atoms with Crippen LogP contribution >= 0.6 is 0 Å². The minimum absolute atomic E-state index is 0.124. The van der Waals surface area contributed by atoms with Crippen LogP contribution in [0.4, 0.5) is 4.79 Å². The molecule has 7 nitrogen and oxygen atoms in total. The number of carbonyl (C=O) groups is 4. The number of carbonyl (C=O) groups excluding carboxylic acids is 4. The fourth-order valence-corrected chi connectivity index (χ4v) is 7.09. The molecule has 1 saturated heterocycles. The highest BCUT2D eigenvalue weighted by molar-refractivity contribution is 6.21. The number of benzene rings is 4. The molecular weight excluding hydrogens is 540 g/mol. The lowest BCUT2D eigenvalue weighted by molar-refractivity contribution is -0.162. The summed E-state index contributed by atoms with van der Waals surface area (Å²) in [6.45, 7) is 3.85. The fourth-order valence-electron chi connectivity index (χ4n) is 7.09. The Labute approximate surface area is 250 Å². The van der Waals surface area contributed by atoms with E-state index in [1.807, 2.05) is 56.3 Å². The molecular formula is C36H32N2O5. The predicted molar refractivity (Wildman–Crippen MR) is 161 cm³/mol. The van der Waals surface area contributed by atoms with E-state index in [0.717, 1.165) is 11.1 Å². The van der Waals surface area contributed by atoms with Crippen molar-refractivity contribution in [1.82, 2.24) is 10.6 Å². The van der Waals surface area contributed by atoms with Crippen LogP contribution in [-0.4, -0.2) is 28.7 Å². The van der Waals surface area contributed by atoms with E-state index in [9.17, 15) is 24.3 Å². The lowest BCUT2D eigenvalue weighted by Crippen LogP contribution is -2.71. The third-order valence-electron chi connectivity index (χ3n) is 9.14. The van der Waals surface area contributed by atoms with Gasteiger partial charge in [-0.3, -0.25) is 25.0 Å². The van der Waals surface area contributed by atoms with E-state index in [1.54, 1.807) is 66.7 Å². The lowest BCUT2D eigenvalue weighted by atomic mass is 9.46. The maximum absolute atomic E-state index is 14.8. The van der Waals surface area contributed by atoms with Crippen molar-refractivity contribution in [2.45, 2.75) is 37.7 Å². The van der Waals surface area contributed by atoms with Gasteiger partial charge in [-0.25, -0.2) is 4.79 Å². The van der Waals surface area contributed by atoms with Gasteiger partial charge < -0.3 is 5.11 Å². The molecule has 1 saturated carbocycles. The number of urea groups is 1. The number of rotatable bonds is 5. The molecule has 4 atom stereocenters. The minimum atomic E-state index is -1.95. The Hall–Kier alpha value is -4.88. The number of Topliss-reactive ketones (excluding diaryl/α,β-unsaturated/α-hetero) is 1. The molecule has 1 aliphatic carbocycles. The molecule has 4 amide bonds. The van der Waals surface area contributed by atoms with Crippen molar-refractivity contribution in [3.8, 4) is 0 Å². The van der Waals surface area contributed by atoms with E-state index in [-0.39, 0.29) is 6.42 Å². The molecule has 1 aliphatic heterocycles. The van der Waals surface area contributed by atoms with E-state index in [1.165, 1.54) is 0 Å². The van der Waals surface area contributed by atoms with Crippen LogP contribution in [0.1, 0.15) is 56.4 Å². The number of amides is 4. The van der Waals surface area contributed by atoms with Crippen LogP contribution in [0.25, 0.3) is 0 Å². The van der Waals surface area contributed by atoms with E-state index >= 15 is 0 Å². The van der Waals surface area contributed by atoms with Crippen LogP contribution in [0, 0.1) is 25.2 Å². The summed E-state index contributed by atoms with van der Waals surface area (Å²) in [5.74, 6) is -5.32. The first-order valence-electron chi connectivity index (χ1n) is 14.3. The van der Waals surface area contributed by atoms with E-state index in [0.29, 0.717) is 22.3 Å². The Morgan fingerprint density at radius 2 is 1.19 bits per heavy atom. The number of hydrogen-bond acceptors (Lipinski definition) is 5. The van der Waals surface area contributed by atoms with Crippen molar-refractivity contribution >= 4 is 23.6 Å². The lowest BCUT2D eigenvalue weighted by Gasteiger charge is -2.57. The maximum Gasteiger partial charge on any atom is 0.328 e. The van der Waals surface area contributed by atoms with Gasteiger partial charge in [0.1, 0.15) is 11.0 Å². The van der Waals surface area contributed by atoms with Gasteiger partial charge in [0.05, 0.1) is 5.92 Å². The molecule has 1 heterocycles. The first-order chi connectivity index (χ1) is 20.7. The van der Waals surface area contributed by atoms with Crippen LogP contribution in [-0.2, 0) is 15.2 Å². The van der Waals surface area contributed by atoms with Crippen LogP contribution in [0.3, 0.4) is 0 Å². The van der Waals surface area contributed by atoms with Crippen molar-refractivity contribution in [2.75, 3.05) is 0 Å². The zero-order valence-electron chi connectivity index (χ0n) is 23.9. The zero-order chi connectivity index (χ0) is 30.4. The Balaban J connectivity index is 1.71. The Kier molecular flexibility index (Phi) is 7.06. The highest BCUT2D eigenvalue weighted by Gasteiger charge is 2.70. The quantitative estimate of drug-likeness (QED) is 0.222. The van der Waals surface area contributed by atoms with Crippen molar-refractivity contribution in [1.29, 1.82) is 0 Å². The summed E-state index contributed by atoms with van der Waals surface area (Å²) in [5, 5.41) is 17.7. The van der Waals surface area contributed by atoms with E-state index in [4.69, 9.17) is 0 Å². The Morgan fingerprint density at radius 1 is 0.698 bits per heavy atom. The monoisotopic (exact) mass is 572 g/mol. The second kappa shape index (κ2) is 10.7. The van der Waals surface area contributed by atoms with Gasteiger partial charge in [-0.05, 0) is 37.0 Å². The number of ketones is 1. The van der Waals surface area contributed by atoms with Gasteiger partial charge in [-0.2, -0.15) is 0 Å². The van der Waals surface area contributed by atoms with Gasteiger partial charge in [0.15, 0.2) is 5.78 Å². The minimum Gasteiger partial charge on any atom is -0.384 e. The number of nitrogens with one attached hydrogen (secondary N) is 2. The standard InChI is InChI=1S/C36H32N2O5/c1-22-13-17-26(18-14-22)31(39)30-29(25-11-7-4-8-12-25)36(32(40)37-34(42)38-33(36)41)28(24-9-5-3-6-10-24)21-35(30,43)27-19-15-23(2)16-20-27/h3-20,28-30,43H,21H2,1-2H3,(H2,37,38,40,41,42). The molecule has 1 spiro atoms. The molecule has 0 radical (unpaired) electrons. The third-order valence-corrected chi connectivity index (χ3v) is 9.14. The predicted octanol–water partition coefficient (Wildman–Crippen LogP) is 5.31. The largest absolute Gasteiger partial charge is 0.384 e. The van der Waals surface area contributed by atoms with Gasteiger partial charge in [0.2, 0.25) is 11.8 Å². The molecule has 4 aromatic carbocycles. The first-order valence-corrected chi connectivity index (χ1v) is 14.3. The molecule has 4 unspecified atom stereocenters. The number of aryl methyl sites for hydroxylation is 2. The van der Waals surface area contributed by atoms with Crippen molar-refractivity contribution < 1.29 is 24.3 Å². The summed E-state index contributed by atoms with van der Waals surface area (Å²) < 4.78 is 0. The SMILES string of the molecule is Cc1ccc(C(=O)C2C(c3ccccc3)C3(C(=O)NC(=O)NC3=O)C(c3ccccc3)CC2(O)c2ccc(C)cc2)cc1. The topological polar surface area (TPSA) is 113 Å². The average Bonchev–Trinajstić information content (AvgIpc) is 3.01. The molecule has 2 aliphatic rings. The fraction of sp³-hybridized carbons (Fsp3) is 0.222. The van der Waals surface area contributed by atoms with Gasteiger partial charge in [-0.1, -0.05) is 120 Å². The Morgan fingerprint density at radius 3 is 1.72 bits per heavy atom. The summed E-state index contributed by atoms with van der Waals surface area (Å²) >= 11 is 0. The van der Waals surface area contributed by atoms with Crippen LogP contribution in [0.2, 0.25) is 0 Å². The number of barbiturate groups is 1. The summed E-state index contributed by atoms with van der Waals surface area (Å²) in [6, 6.07) is 31.4. The van der Waals surface area contributed by atoms with Crippen LogP contribution in [0.5, 0.6) is 0 Å². The summed E-state index contributed by atoms with van der Waals surface area (Å²) in [7, 11) is 0. The van der Waals surface area contributed by atoms with Gasteiger partial charge in [0.25, 0.3) is 0 Å². The van der Waals surface area contributed by atoms with E-state index in [2.05, 4.69) is 10.6 Å². The van der Waals surface area contributed by atoms with Crippen molar-refractivity contribution in [3.05, 3.63) is 143 Å². The maximum atomic E-state index is 14.8. The molecule has 216 valence electrons. The first kappa shape index (κ1) is 28.2. The second-order valence-corrected chi connectivity index (χ2v) is 11.7. The van der Waals surface area contributed by atoms with Gasteiger partial charge in [0, 0.05) is 17.4 Å². The molecule has 0 aromatic heterocycles. The number of imide groups is 2. The summed E-state index contributed by atoms with van der Waals surface area (Å²) in [4.78, 5) is 55.9. The van der Waals surface area contributed by atoms with Gasteiger partial charge in [-0.15, -0.1) is 0 Å². The summed E-state index contributed by atoms with van der Waals surface area (Å²) in [5.41, 5.74) is 0.205. The molecule has 3 N–H and O–H groups in total. The molecule has 6 rings (SSSR count). The van der Waals surface area contributed by atoms with Crippen molar-refractivity contribution in [2.24, 2.45) is 11.3 Å². The smallest absolute Gasteiger partial charge is 0.328 e. The average molecular weight is 573 g/mol. The van der Waals surface area contributed by atoms with Gasteiger partial charge >= 0.3 is 6.03 Å². The molecule has 43 heavy (non-hydrogen) atoms. The highest BCUT2D eigenvalue weighted by atomic mass is 16.3. The van der Waals surface area contributed by atoms with Crippen molar-refractivity contribution in [3.63, 3.8) is 0 Å². The number of aliphatic hydroxyl groups is 1. The second-order valence-electron chi connectivity index (χ2n) is 11.7. The zero-order valence-corrected chi connectivity index (χ0v) is 23.9. The normalized spacial score (nSPS) is 24.7. The molecule has 7 heteroatoms. The highest BCUT2D eigenvalue weighted by Crippen LogP contribution is 2.64. The van der Waals surface area contributed by atoms with Crippen LogP contribution in [0.15, 0.2) is 109 Å².